The first kappa shape index (κ1) is 11.9. The molecular weight excluding hydrogens is 201 g/mol. The Morgan fingerprint density at radius 1 is 1.47 bits per heavy atom. The Morgan fingerprint density at radius 3 is 2.80 bits per heavy atom. The number of nitrogens with one attached hydrogen (secondary N) is 1. The Morgan fingerprint density at radius 2 is 2.20 bits per heavy atom. The van der Waals surface area contributed by atoms with E-state index in [9.17, 15) is 9.50 Å². The summed E-state index contributed by atoms with van der Waals surface area (Å²) in [5.74, 6) is -0.451. The Balaban J connectivity index is 2.69. The van der Waals surface area contributed by atoms with Crippen LogP contribution in [-0.4, -0.2) is 29.5 Å². The van der Waals surface area contributed by atoms with Gasteiger partial charge in [-0.2, -0.15) is 0 Å². The Kier molecular flexibility index (Phi) is 4.48. The van der Waals surface area contributed by atoms with E-state index >= 15 is 0 Å². The van der Waals surface area contributed by atoms with Crippen molar-refractivity contribution in [3.8, 4) is 0 Å². The number of rotatable bonds is 5. The van der Waals surface area contributed by atoms with E-state index in [2.05, 4.69) is 5.32 Å². The van der Waals surface area contributed by atoms with Gasteiger partial charge in [0, 0.05) is 17.8 Å². The molecule has 0 aromatic heterocycles. The molecule has 0 heterocycles. The highest BCUT2D eigenvalue weighted by Gasteiger charge is 2.06. The number of anilines is 1. The Hall–Kier alpha value is -1.17. The maximum absolute atomic E-state index is 12.8. The molecule has 83 valence electrons. The van der Waals surface area contributed by atoms with Gasteiger partial charge in [0.2, 0.25) is 0 Å². The van der Waals surface area contributed by atoms with E-state index in [1.165, 1.54) is 18.2 Å². The molecular formula is C10H13FNO3. The highest BCUT2D eigenvalue weighted by atomic mass is 19.1. The third-order valence-electron chi connectivity index (χ3n) is 1.97. The van der Waals surface area contributed by atoms with Crippen LogP contribution in [-0.2, 0) is 11.7 Å². The molecule has 15 heavy (non-hydrogen) atoms. The summed E-state index contributed by atoms with van der Waals surface area (Å²) in [6.45, 7) is -0.764. The van der Waals surface area contributed by atoms with Crippen molar-refractivity contribution in [3.05, 3.63) is 29.6 Å². The second-order valence-electron chi connectivity index (χ2n) is 3.16. The minimum Gasteiger partial charge on any atom is -0.394 e. The molecule has 5 heteroatoms. The third kappa shape index (κ3) is 3.47. The minimum absolute atomic E-state index is 0.0763. The van der Waals surface area contributed by atoms with Gasteiger partial charge in [-0.15, -0.1) is 0 Å². The Bertz CT molecular complexity index is 320. The van der Waals surface area contributed by atoms with Crippen LogP contribution >= 0.6 is 0 Å². The van der Waals surface area contributed by atoms with E-state index in [1.807, 2.05) is 0 Å². The van der Waals surface area contributed by atoms with Crippen LogP contribution in [0.3, 0.4) is 0 Å². The zero-order valence-corrected chi connectivity index (χ0v) is 8.11. The smallest absolute Gasteiger partial charge is 0.125 e. The van der Waals surface area contributed by atoms with Crippen LogP contribution in [0.1, 0.15) is 5.56 Å². The number of halogens is 1. The standard InChI is InChI=1S/C10H13FNO3/c11-8-2-1-7(5-13)10(3-8)12-4-9(15)6-14/h1-3,9,12,14-15H,4-6H2/t9-/m1/s1. The topological polar surface area (TPSA) is 72.4 Å². The van der Waals surface area contributed by atoms with E-state index in [4.69, 9.17) is 10.2 Å². The lowest BCUT2D eigenvalue weighted by Crippen LogP contribution is -2.23. The molecule has 1 atom stereocenters. The molecule has 4 nitrogen and oxygen atoms in total. The van der Waals surface area contributed by atoms with Gasteiger partial charge < -0.3 is 15.5 Å². The van der Waals surface area contributed by atoms with E-state index in [-0.39, 0.29) is 13.2 Å². The molecule has 0 aliphatic rings. The summed E-state index contributed by atoms with van der Waals surface area (Å²) >= 11 is 0. The van der Waals surface area contributed by atoms with Gasteiger partial charge in [0.15, 0.2) is 0 Å². The molecule has 0 saturated carbocycles. The molecule has 0 unspecified atom stereocenters. The Labute approximate surface area is 87.0 Å². The van der Waals surface area contributed by atoms with Crippen molar-refractivity contribution in [1.82, 2.24) is 0 Å². The van der Waals surface area contributed by atoms with E-state index < -0.39 is 18.5 Å². The maximum atomic E-state index is 12.8. The van der Waals surface area contributed by atoms with Crippen molar-refractivity contribution in [2.75, 3.05) is 18.5 Å². The van der Waals surface area contributed by atoms with Crippen LogP contribution in [0.4, 0.5) is 10.1 Å². The lowest BCUT2D eigenvalue weighted by molar-refractivity contribution is 0.105. The summed E-state index contributed by atoms with van der Waals surface area (Å²) in [6.07, 6.45) is -0.923. The third-order valence-corrected chi connectivity index (χ3v) is 1.97. The zero-order chi connectivity index (χ0) is 11.3. The lowest BCUT2D eigenvalue weighted by atomic mass is 10.2. The molecule has 1 aromatic rings. The maximum Gasteiger partial charge on any atom is 0.125 e. The normalized spacial score (nSPS) is 12.5. The highest BCUT2D eigenvalue weighted by molar-refractivity contribution is 5.51. The van der Waals surface area contributed by atoms with Gasteiger partial charge in [0.25, 0.3) is 0 Å². The van der Waals surface area contributed by atoms with Gasteiger partial charge in [0.1, 0.15) is 12.4 Å². The molecule has 0 fully saturated rings. The second kappa shape index (κ2) is 5.65. The van der Waals surface area contributed by atoms with Gasteiger partial charge in [-0.25, -0.2) is 9.50 Å². The van der Waals surface area contributed by atoms with Crippen molar-refractivity contribution in [2.24, 2.45) is 0 Å². The molecule has 0 bridgehead atoms. The molecule has 0 aliphatic heterocycles. The van der Waals surface area contributed by atoms with Crippen LogP contribution in [0.15, 0.2) is 18.2 Å². The molecule has 1 aromatic carbocycles. The van der Waals surface area contributed by atoms with Crippen LogP contribution in [0.25, 0.3) is 0 Å². The largest absolute Gasteiger partial charge is 0.394 e. The van der Waals surface area contributed by atoms with Gasteiger partial charge in [-0.3, -0.25) is 0 Å². The quantitative estimate of drug-likeness (QED) is 0.669. The summed E-state index contributed by atoms with van der Waals surface area (Å²) in [5.41, 5.74) is 0.791. The van der Waals surface area contributed by atoms with Gasteiger partial charge in [-0.05, 0) is 12.1 Å². The highest BCUT2D eigenvalue weighted by Crippen LogP contribution is 2.17. The fraction of sp³-hybridized carbons (Fsp3) is 0.400. The van der Waals surface area contributed by atoms with Crippen molar-refractivity contribution in [1.29, 1.82) is 0 Å². The fourth-order valence-corrected chi connectivity index (χ4v) is 1.13. The number of hydrogen-bond acceptors (Lipinski definition) is 3. The van der Waals surface area contributed by atoms with E-state index in [0.717, 1.165) is 0 Å². The summed E-state index contributed by atoms with van der Waals surface area (Å²) in [6, 6.07) is 3.80. The average molecular weight is 214 g/mol. The molecule has 0 amide bonds. The fourth-order valence-electron chi connectivity index (χ4n) is 1.13. The zero-order valence-electron chi connectivity index (χ0n) is 8.11. The predicted octanol–water partition coefficient (Wildman–Crippen LogP) is 0.521. The van der Waals surface area contributed by atoms with Gasteiger partial charge in [0.05, 0.1) is 12.7 Å². The molecule has 1 rings (SSSR count). The lowest BCUT2D eigenvalue weighted by Gasteiger charge is -2.12. The molecule has 0 saturated heterocycles. The molecule has 1 radical (unpaired) electrons. The van der Waals surface area contributed by atoms with Crippen molar-refractivity contribution in [3.63, 3.8) is 0 Å². The monoisotopic (exact) mass is 214 g/mol. The summed E-state index contributed by atoms with van der Waals surface area (Å²) in [5, 5.41) is 31.0. The molecule has 3 N–H and O–H groups in total. The van der Waals surface area contributed by atoms with Crippen molar-refractivity contribution < 1.29 is 19.7 Å². The summed E-state index contributed by atoms with van der Waals surface area (Å²) < 4.78 is 12.8. The van der Waals surface area contributed by atoms with E-state index in [0.29, 0.717) is 11.3 Å². The predicted molar refractivity (Wildman–Crippen MR) is 52.4 cm³/mol. The van der Waals surface area contributed by atoms with Crippen LogP contribution in [0.2, 0.25) is 0 Å². The number of aliphatic hydroxyl groups excluding tert-OH is 2. The minimum atomic E-state index is -0.923. The van der Waals surface area contributed by atoms with Gasteiger partial charge in [-0.1, -0.05) is 6.07 Å². The van der Waals surface area contributed by atoms with Crippen LogP contribution in [0, 0.1) is 5.82 Å². The number of benzene rings is 1. The number of aliphatic hydroxyl groups is 2. The first-order chi connectivity index (χ1) is 7.17. The van der Waals surface area contributed by atoms with E-state index in [1.54, 1.807) is 0 Å². The first-order valence-corrected chi connectivity index (χ1v) is 4.56. The first-order valence-electron chi connectivity index (χ1n) is 4.56. The summed E-state index contributed by atoms with van der Waals surface area (Å²) in [7, 11) is 0. The average Bonchev–Trinajstić information content (AvgIpc) is 2.26. The second-order valence-corrected chi connectivity index (χ2v) is 3.16. The van der Waals surface area contributed by atoms with Crippen molar-refractivity contribution in [2.45, 2.75) is 12.7 Å². The van der Waals surface area contributed by atoms with Crippen LogP contribution < -0.4 is 5.32 Å². The summed E-state index contributed by atoms with van der Waals surface area (Å²) in [4.78, 5) is 0. The van der Waals surface area contributed by atoms with Gasteiger partial charge >= 0.3 is 0 Å². The molecule has 0 aliphatic carbocycles. The molecule has 0 spiro atoms. The SMILES string of the molecule is [O]Cc1ccc(F)cc1NC[C@@H](O)CO. The number of hydrogen-bond donors (Lipinski definition) is 3. The van der Waals surface area contributed by atoms with Crippen molar-refractivity contribution >= 4 is 5.69 Å². The van der Waals surface area contributed by atoms with Crippen LogP contribution in [0.5, 0.6) is 0 Å².